The predicted octanol–water partition coefficient (Wildman–Crippen LogP) is 6.33. The van der Waals surface area contributed by atoms with Crippen LogP contribution in [0.1, 0.15) is 32.7 Å². The van der Waals surface area contributed by atoms with E-state index in [0.29, 0.717) is 12.1 Å². The minimum atomic E-state index is -5.07. The lowest BCUT2D eigenvalue weighted by Gasteiger charge is -2.16. The minimum absolute atomic E-state index is 0.0281. The van der Waals surface area contributed by atoms with E-state index in [4.69, 9.17) is 0 Å². The monoisotopic (exact) mass is 490 g/mol. The Bertz CT molecular complexity index is 1180. The first-order valence-electron chi connectivity index (χ1n) is 9.02. The van der Waals surface area contributed by atoms with Gasteiger partial charge in [0, 0.05) is 12.0 Å². The van der Waals surface area contributed by atoms with E-state index in [1.54, 1.807) is 0 Å². The summed E-state index contributed by atoms with van der Waals surface area (Å²) < 4.78 is 93.6. The van der Waals surface area contributed by atoms with Crippen LogP contribution >= 0.6 is 11.8 Å². The Hall–Kier alpha value is -3.15. The molecule has 12 heteroatoms. The molecule has 0 aliphatic rings. The van der Waals surface area contributed by atoms with Gasteiger partial charge in [0.15, 0.2) is 5.16 Å². The lowest BCUT2D eigenvalue weighted by Crippen LogP contribution is -2.14. The van der Waals surface area contributed by atoms with Crippen molar-refractivity contribution in [2.45, 2.75) is 23.9 Å². The number of hydrogen-bond acceptors (Lipinski definition) is 4. The average Bonchev–Trinajstić information content (AvgIpc) is 2.71. The predicted molar refractivity (Wildman–Crippen MR) is 105 cm³/mol. The summed E-state index contributed by atoms with van der Waals surface area (Å²) in [6.45, 7) is 0. The number of carboxylic acids is 1. The van der Waals surface area contributed by atoms with Crippen LogP contribution in [0.5, 0.6) is 0 Å². The van der Waals surface area contributed by atoms with Gasteiger partial charge in [0.05, 0.1) is 22.5 Å². The Morgan fingerprint density at radius 2 is 1.55 bits per heavy atom. The van der Waals surface area contributed by atoms with Crippen molar-refractivity contribution in [3.05, 3.63) is 76.2 Å². The van der Waals surface area contributed by atoms with Crippen molar-refractivity contribution >= 4 is 17.7 Å². The number of aromatic carboxylic acids is 1. The number of carboxylic acid groups (broad SMARTS) is 1. The molecule has 4 nitrogen and oxygen atoms in total. The molecule has 3 aromatic rings. The molecule has 1 heterocycles. The lowest BCUT2D eigenvalue weighted by molar-refractivity contribution is -0.143. The highest BCUT2D eigenvalue weighted by Crippen LogP contribution is 2.37. The largest absolute Gasteiger partial charge is 0.478 e. The quantitative estimate of drug-likeness (QED) is 0.257. The molecule has 3 rings (SSSR count). The van der Waals surface area contributed by atoms with Gasteiger partial charge >= 0.3 is 18.3 Å². The topological polar surface area (TPSA) is 63.1 Å². The highest BCUT2D eigenvalue weighted by atomic mass is 32.2. The van der Waals surface area contributed by atoms with E-state index in [1.807, 2.05) is 0 Å². The number of carbonyl (C=O) groups is 1. The Balaban J connectivity index is 2.25. The standard InChI is InChI=1S/C21H13F7N2O2S/c1-33-19-29-15(16(18(31)32)17(30-19)13-4-2-3-5-14(13)22)8-10-6-11(20(23,24)25)9-12(7-10)21(26,27)28/h2-7,9H,8H2,1H3,(H,31,32). The molecule has 1 aromatic heterocycles. The van der Waals surface area contributed by atoms with E-state index in [1.165, 1.54) is 24.5 Å². The molecule has 0 saturated heterocycles. The van der Waals surface area contributed by atoms with Crippen molar-refractivity contribution < 1.29 is 40.6 Å². The van der Waals surface area contributed by atoms with Gasteiger partial charge in [-0.05, 0) is 42.2 Å². The fourth-order valence-electron chi connectivity index (χ4n) is 3.09. The summed E-state index contributed by atoms with van der Waals surface area (Å²) in [4.78, 5) is 20.0. The molecule has 1 N–H and O–H groups in total. The van der Waals surface area contributed by atoms with Crippen LogP contribution in [0.15, 0.2) is 47.6 Å². The zero-order valence-corrected chi connectivity index (χ0v) is 17.4. The van der Waals surface area contributed by atoms with Gasteiger partial charge in [-0.2, -0.15) is 26.3 Å². The van der Waals surface area contributed by atoms with Crippen LogP contribution in [0.4, 0.5) is 30.7 Å². The maximum absolute atomic E-state index is 14.4. The van der Waals surface area contributed by atoms with Gasteiger partial charge in [-0.3, -0.25) is 0 Å². The molecule has 0 atom stereocenters. The molecule has 0 spiro atoms. The normalized spacial score (nSPS) is 12.1. The van der Waals surface area contributed by atoms with E-state index in [-0.39, 0.29) is 28.2 Å². The first-order valence-corrected chi connectivity index (χ1v) is 10.2. The number of alkyl halides is 6. The van der Waals surface area contributed by atoms with Crippen LogP contribution < -0.4 is 0 Å². The number of hydrogen-bond donors (Lipinski definition) is 1. The van der Waals surface area contributed by atoms with E-state index in [9.17, 15) is 40.6 Å². The first kappa shape index (κ1) is 24.5. The molecule has 0 unspecified atom stereocenters. The molecule has 0 aliphatic heterocycles. The highest BCUT2D eigenvalue weighted by Gasteiger charge is 2.37. The van der Waals surface area contributed by atoms with E-state index in [2.05, 4.69) is 9.97 Å². The Kier molecular flexibility index (Phi) is 6.68. The molecule has 0 aliphatic carbocycles. The van der Waals surface area contributed by atoms with Gasteiger partial charge in [0.1, 0.15) is 11.4 Å². The van der Waals surface area contributed by atoms with Crippen LogP contribution in [0.2, 0.25) is 0 Å². The van der Waals surface area contributed by atoms with Crippen LogP contribution in [-0.4, -0.2) is 27.3 Å². The number of aromatic nitrogens is 2. The summed E-state index contributed by atoms with van der Waals surface area (Å²) in [6.07, 6.45) is -9.30. The highest BCUT2D eigenvalue weighted by molar-refractivity contribution is 7.98. The molecule has 0 bridgehead atoms. The van der Waals surface area contributed by atoms with Gasteiger partial charge < -0.3 is 5.11 Å². The maximum atomic E-state index is 14.4. The second-order valence-corrected chi connectivity index (χ2v) is 7.53. The molecule has 2 aromatic carbocycles. The molecular weight excluding hydrogens is 477 g/mol. The molecule has 0 saturated carbocycles. The molecular formula is C21H13F7N2O2S. The Labute approximate surface area is 186 Å². The maximum Gasteiger partial charge on any atom is 0.416 e. The summed E-state index contributed by atoms with van der Waals surface area (Å²) in [5.74, 6) is -2.42. The van der Waals surface area contributed by atoms with Crippen molar-refractivity contribution in [2.75, 3.05) is 6.26 Å². The van der Waals surface area contributed by atoms with Crippen LogP contribution in [0.3, 0.4) is 0 Å². The number of halogens is 7. The zero-order chi connectivity index (χ0) is 24.6. The third kappa shape index (κ3) is 5.44. The van der Waals surface area contributed by atoms with E-state index in [0.717, 1.165) is 17.8 Å². The molecule has 0 amide bonds. The summed E-state index contributed by atoms with van der Waals surface area (Å²) in [5.41, 5.74) is -5.07. The van der Waals surface area contributed by atoms with Crippen molar-refractivity contribution in [1.82, 2.24) is 9.97 Å². The Morgan fingerprint density at radius 1 is 0.970 bits per heavy atom. The number of rotatable bonds is 5. The third-order valence-corrected chi connectivity index (χ3v) is 5.06. The fourth-order valence-corrected chi connectivity index (χ4v) is 3.48. The van der Waals surface area contributed by atoms with E-state index < -0.39 is 52.8 Å². The zero-order valence-electron chi connectivity index (χ0n) is 16.6. The fraction of sp³-hybridized carbons (Fsp3) is 0.190. The summed E-state index contributed by atoms with van der Waals surface area (Å²) >= 11 is 0.946. The second kappa shape index (κ2) is 9.00. The van der Waals surface area contributed by atoms with Crippen molar-refractivity contribution in [3.63, 3.8) is 0 Å². The van der Waals surface area contributed by atoms with Crippen molar-refractivity contribution in [3.8, 4) is 11.3 Å². The van der Waals surface area contributed by atoms with Gasteiger partial charge in [0.25, 0.3) is 0 Å². The third-order valence-electron chi connectivity index (χ3n) is 4.51. The van der Waals surface area contributed by atoms with Crippen molar-refractivity contribution in [2.24, 2.45) is 0 Å². The van der Waals surface area contributed by atoms with Gasteiger partial charge in [-0.1, -0.05) is 23.9 Å². The molecule has 0 radical (unpaired) electrons. The minimum Gasteiger partial charge on any atom is -0.478 e. The summed E-state index contributed by atoms with van der Waals surface area (Å²) in [7, 11) is 0. The molecule has 33 heavy (non-hydrogen) atoms. The summed E-state index contributed by atoms with van der Waals surface area (Å²) in [6, 6.07) is 6.05. The van der Waals surface area contributed by atoms with Crippen LogP contribution in [0.25, 0.3) is 11.3 Å². The van der Waals surface area contributed by atoms with Crippen LogP contribution in [0, 0.1) is 5.82 Å². The number of nitrogens with zero attached hydrogens (tertiary/aromatic N) is 2. The summed E-state index contributed by atoms with van der Waals surface area (Å²) in [5, 5.41) is 9.71. The molecule has 174 valence electrons. The number of thioether (sulfide) groups is 1. The van der Waals surface area contributed by atoms with Gasteiger partial charge in [-0.25, -0.2) is 19.2 Å². The Morgan fingerprint density at radius 3 is 2.03 bits per heavy atom. The lowest BCUT2D eigenvalue weighted by atomic mass is 9.97. The second-order valence-electron chi connectivity index (χ2n) is 6.76. The SMILES string of the molecule is CSc1nc(Cc2cc(C(F)(F)F)cc(C(F)(F)F)c2)c(C(=O)O)c(-c2ccccc2F)n1. The van der Waals surface area contributed by atoms with Crippen LogP contribution in [-0.2, 0) is 18.8 Å². The first-order chi connectivity index (χ1) is 15.3. The average molecular weight is 490 g/mol. The van der Waals surface area contributed by atoms with Gasteiger partial charge in [0.2, 0.25) is 0 Å². The smallest absolute Gasteiger partial charge is 0.416 e. The van der Waals surface area contributed by atoms with Crippen molar-refractivity contribution in [1.29, 1.82) is 0 Å². The molecule has 0 fully saturated rings. The van der Waals surface area contributed by atoms with Gasteiger partial charge in [-0.15, -0.1) is 0 Å². The number of benzene rings is 2. The van der Waals surface area contributed by atoms with E-state index >= 15 is 0 Å².